The second kappa shape index (κ2) is 8.72. The van der Waals surface area contributed by atoms with Crippen LogP contribution in [0.3, 0.4) is 0 Å². The number of aliphatic hydroxyl groups excluding tert-OH is 1. The van der Waals surface area contributed by atoms with Crippen LogP contribution in [0.5, 0.6) is 0 Å². The van der Waals surface area contributed by atoms with Crippen LogP contribution in [0.4, 0.5) is 4.39 Å². The van der Waals surface area contributed by atoms with Crippen LogP contribution in [0, 0.1) is 5.82 Å². The van der Waals surface area contributed by atoms with Crippen molar-refractivity contribution in [2.75, 3.05) is 13.2 Å². The van der Waals surface area contributed by atoms with E-state index in [1.165, 1.54) is 30.0 Å². The van der Waals surface area contributed by atoms with Gasteiger partial charge in [-0.3, -0.25) is 4.79 Å². The minimum absolute atomic E-state index is 0.102. The molecular formula is C17H15ClFNO2S. The van der Waals surface area contributed by atoms with Gasteiger partial charge in [0.1, 0.15) is 5.82 Å². The number of nitrogens with one attached hydrogen (secondary N) is 1. The summed E-state index contributed by atoms with van der Waals surface area (Å²) in [5, 5.41) is 11.7. The third-order valence-electron chi connectivity index (χ3n) is 2.85. The van der Waals surface area contributed by atoms with Crippen molar-refractivity contribution in [2.24, 2.45) is 0 Å². The second-order valence-electron chi connectivity index (χ2n) is 4.59. The number of halogens is 2. The number of carbonyl (C=O) groups is 1. The van der Waals surface area contributed by atoms with Gasteiger partial charge < -0.3 is 10.4 Å². The van der Waals surface area contributed by atoms with Gasteiger partial charge in [-0.05, 0) is 48.0 Å². The highest BCUT2D eigenvalue weighted by atomic mass is 35.5. The maximum absolute atomic E-state index is 12.9. The molecule has 0 radical (unpaired) electrons. The minimum atomic E-state index is -0.292. The fraction of sp³-hybridized carbons (Fsp3) is 0.118. The monoisotopic (exact) mass is 351 g/mol. The van der Waals surface area contributed by atoms with Crippen LogP contribution in [0.2, 0.25) is 5.02 Å². The number of aliphatic hydroxyl groups is 1. The van der Waals surface area contributed by atoms with Crippen LogP contribution in [-0.4, -0.2) is 24.2 Å². The summed E-state index contributed by atoms with van der Waals surface area (Å²) in [6.07, 6.45) is 2.98. The molecule has 0 saturated carbocycles. The molecule has 0 aliphatic rings. The van der Waals surface area contributed by atoms with E-state index in [0.717, 1.165) is 9.79 Å². The average molecular weight is 352 g/mol. The van der Waals surface area contributed by atoms with Gasteiger partial charge in [-0.1, -0.05) is 29.4 Å². The molecule has 0 aliphatic heterocycles. The van der Waals surface area contributed by atoms with E-state index in [0.29, 0.717) is 10.6 Å². The van der Waals surface area contributed by atoms with E-state index in [2.05, 4.69) is 5.32 Å². The lowest BCUT2D eigenvalue weighted by Gasteiger charge is -2.05. The average Bonchev–Trinajstić information content (AvgIpc) is 2.54. The first-order valence-corrected chi connectivity index (χ1v) is 8.07. The Labute approximate surface area is 143 Å². The van der Waals surface area contributed by atoms with Gasteiger partial charge in [0.2, 0.25) is 5.91 Å². The Balaban J connectivity index is 2.04. The SMILES string of the molecule is O=C(/C=C/c1ccc(Sc2ccc(F)cc2)cc1Cl)NCCO. The molecule has 2 aromatic carbocycles. The highest BCUT2D eigenvalue weighted by Gasteiger charge is 2.03. The van der Waals surface area contributed by atoms with Crippen LogP contribution in [0.25, 0.3) is 6.08 Å². The standard InChI is InChI=1S/C17H15ClFNO2S/c18-16-11-15(23-14-6-3-13(19)4-7-14)5-1-12(16)2-8-17(22)20-9-10-21/h1-8,11,21H,9-10H2,(H,20,22)/b8-2+. The van der Waals surface area contributed by atoms with Gasteiger partial charge >= 0.3 is 0 Å². The number of benzene rings is 2. The van der Waals surface area contributed by atoms with E-state index < -0.39 is 0 Å². The number of carbonyl (C=O) groups excluding carboxylic acids is 1. The van der Waals surface area contributed by atoms with Gasteiger partial charge in [-0.15, -0.1) is 0 Å². The summed E-state index contributed by atoms with van der Waals surface area (Å²) in [6, 6.07) is 11.7. The Morgan fingerprint density at radius 2 is 1.91 bits per heavy atom. The largest absolute Gasteiger partial charge is 0.395 e. The zero-order valence-electron chi connectivity index (χ0n) is 12.1. The molecule has 2 N–H and O–H groups in total. The molecule has 0 saturated heterocycles. The molecule has 23 heavy (non-hydrogen) atoms. The molecule has 2 aromatic rings. The fourth-order valence-corrected chi connectivity index (χ4v) is 2.91. The molecule has 0 aliphatic carbocycles. The Hall–Kier alpha value is -1.82. The highest BCUT2D eigenvalue weighted by Crippen LogP contribution is 2.31. The van der Waals surface area contributed by atoms with Crippen LogP contribution in [-0.2, 0) is 4.79 Å². The summed E-state index contributed by atoms with van der Waals surface area (Å²) >= 11 is 7.68. The quantitative estimate of drug-likeness (QED) is 0.779. The van der Waals surface area contributed by atoms with E-state index in [9.17, 15) is 9.18 Å². The minimum Gasteiger partial charge on any atom is -0.395 e. The van der Waals surface area contributed by atoms with E-state index in [4.69, 9.17) is 16.7 Å². The van der Waals surface area contributed by atoms with Crippen molar-refractivity contribution in [1.29, 1.82) is 0 Å². The van der Waals surface area contributed by atoms with Gasteiger partial charge in [0.05, 0.1) is 6.61 Å². The summed E-state index contributed by atoms with van der Waals surface area (Å²) in [5.41, 5.74) is 0.717. The number of hydrogen-bond acceptors (Lipinski definition) is 3. The van der Waals surface area contributed by atoms with Crippen molar-refractivity contribution in [3.05, 3.63) is 64.9 Å². The van der Waals surface area contributed by atoms with Crippen molar-refractivity contribution in [1.82, 2.24) is 5.32 Å². The molecule has 1 amide bonds. The van der Waals surface area contributed by atoms with Gasteiger partial charge in [0, 0.05) is 27.4 Å². The lowest BCUT2D eigenvalue weighted by molar-refractivity contribution is -0.116. The Kier molecular flexibility index (Phi) is 6.65. The van der Waals surface area contributed by atoms with E-state index >= 15 is 0 Å². The Morgan fingerprint density at radius 1 is 1.22 bits per heavy atom. The molecule has 0 aromatic heterocycles. The van der Waals surface area contributed by atoms with Crippen molar-refractivity contribution >= 4 is 35.3 Å². The van der Waals surface area contributed by atoms with Crippen LogP contribution < -0.4 is 5.32 Å². The van der Waals surface area contributed by atoms with Crippen LogP contribution in [0.1, 0.15) is 5.56 Å². The zero-order valence-corrected chi connectivity index (χ0v) is 13.7. The molecule has 0 spiro atoms. The maximum Gasteiger partial charge on any atom is 0.244 e. The maximum atomic E-state index is 12.9. The zero-order chi connectivity index (χ0) is 16.7. The highest BCUT2D eigenvalue weighted by molar-refractivity contribution is 7.99. The van der Waals surface area contributed by atoms with Gasteiger partial charge in [-0.2, -0.15) is 0 Å². The van der Waals surface area contributed by atoms with Crippen LogP contribution >= 0.6 is 23.4 Å². The normalized spacial score (nSPS) is 10.9. The topological polar surface area (TPSA) is 49.3 Å². The summed E-state index contributed by atoms with van der Waals surface area (Å²) in [5.74, 6) is -0.563. The van der Waals surface area contributed by atoms with Gasteiger partial charge in [0.25, 0.3) is 0 Å². The lowest BCUT2D eigenvalue weighted by atomic mass is 10.2. The van der Waals surface area contributed by atoms with Crippen molar-refractivity contribution < 1.29 is 14.3 Å². The van der Waals surface area contributed by atoms with Crippen molar-refractivity contribution in [2.45, 2.75) is 9.79 Å². The first-order chi connectivity index (χ1) is 11.1. The first kappa shape index (κ1) is 17.5. The molecule has 120 valence electrons. The van der Waals surface area contributed by atoms with Gasteiger partial charge in [-0.25, -0.2) is 4.39 Å². The molecule has 3 nitrogen and oxygen atoms in total. The number of amides is 1. The molecular weight excluding hydrogens is 337 g/mol. The third kappa shape index (κ3) is 5.71. The predicted molar refractivity (Wildman–Crippen MR) is 91.1 cm³/mol. The molecule has 6 heteroatoms. The van der Waals surface area contributed by atoms with E-state index in [-0.39, 0.29) is 24.9 Å². The third-order valence-corrected chi connectivity index (χ3v) is 4.17. The summed E-state index contributed by atoms with van der Waals surface area (Å²) in [6.45, 7) is 0.111. The summed E-state index contributed by atoms with van der Waals surface area (Å²) in [7, 11) is 0. The van der Waals surface area contributed by atoms with Crippen molar-refractivity contribution in [3.63, 3.8) is 0 Å². The van der Waals surface area contributed by atoms with Gasteiger partial charge in [0.15, 0.2) is 0 Å². The second-order valence-corrected chi connectivity index (χ2v) is 6.14. The molecule has 2 rings (SSSR count). The molecule has 0 bridgehead atoms. The van der Waals surface area contributed by atoms with E-state index in [1.807, 2.05) is 12.1 Å². The first-order valence-electron chi connectivity index (χ1n) is 6.88. The molecule has 0 heterocycles. The molecule has 0 atom stereocenters. The number of hydrogen-bond donors (Lipinski definition) is 2. The smallest absolute Gasteiger partial charge is 0.244 e. The lowest BCUT2D eigenvalue weighted by Crippen LogP contribution is -2.24. The van der Waals surface area contributed by atoms with Crippen molar-refractivity contribution in [3.8, 4) is 0 Å². The Morgan fingerprint density at radius 3 is 2.57 bits per heavy atom. The summed E-state index contributed by atoms with van der Waals surface area (Å²) in [4.78, 5) is 13.3. The predicted octanol–water partition coefficient (Wildman–Crippen LogP) is 3.75. The number of rotatable bonds is 6. The van der Waals surface area contributed by atoms with Crippen LogP contribution in [0.15, 0.2) is 58.3 Å². The molecule has 0 fully saturated rings. The van der Waals surface area contributed by atoms with E-state index in [1.54, 1.807) is 24.3 Å². The fourth-order valence-electron chi connectivity index (χ4n) is 1.75. The Bertz CT molecular complexity index is 704. The summed E-state index contributed by atoms with van der Waals surface area (Å²) < 4.78 is 12.9. The molecule has 0 unspecified atom stereocenters.